The van der Waals surface area contributed by atoms with Gasteiger partial charge in [0.1, 0.15) is 6.04 Å². The maximum Gasteiger partial charge on any atom is 0.418 e. The number of hydrogen-bond acceptors (Lipinski definition) is 2. The first-order valence-electron chi connectivity index (χ1n) is 5.57. The molecular weight excluding hydrogens is 277 g/mol. The molecule has 1 rings (SSSR count). The number of alkyl halides is 3. The largest absolute Gasteiger partial charge is 0.480 e. The van der Waals surface area contributed by atoms with E-state index in [0.29, 0.717) is 0 Å². The van der Waals surface area contributed by atoms with E-state index >= 15 is 0 Å². The fraction of sp³-hybridized carbons (Fsp3) is 0.333. The molecule has 0 aliphatic carbocycles. The molecule has 0 aliphatic heterocycles. The molecule has 5 nitrogen and oxygen atoms in total. The van der Waals surface area contributed by atoms with E-state index in [1.807, 2.05) is 0 Å². The Kier molecular flexibility index (Phi) is 4.59. The van der Waals surface area contributed by atoms with Gasteiger partial charge in [-0.25, -0.2) is 9.59 Å². The van der Waals surface area contributed by atoms with Crippen LogP contribution in [0, 0.1) is 0 Å². The molecule has 0 aromatic heterocycles. The molecule has 0 fully saturated rings. The average molecular weight is 290 g/mol. The lowest BCUT2D eigenvalue weighted by Crippen LogP contribution is -2.42. The van der Waals surface area contributed by atoms with Gasteiger partial charge in [0.2, 0.25) is 0 Å². The van der Waals surface area contributed by atoms with Crippen LogP contribution in [0.25, 0.3) is 0 Å². The van der Waals surface area contributed by atoms with Crippen molar-refractivity contribution < 1.29 is 27.9 Å². The molecule has 110 valence electrons. The van der Waals surface area contributed by atoms with Crippen molar-refractivity contribution in [2.45, 2.75) is 19.1 Å². The van der Waals surface area contributed by atoms with E-state index < -0.39 is 35.5 Å². The van der Waals surface area contributed by atoms with Gasteiger partial charge in [-0.05, 0) is 19.1 Å². The minimum atomic E-state index is -4.61. The second-order valence-corrected chi connectivity index (χ2v) is 4.10. The van der Waals surface area contributed by atoms with Gasteiger partial charge in [-0.2, -0.15) is 13.2 Å². The van der Waals surface area contributed by atoms with E-state index in [1.54, 1.807) is 0 Å². The molecule has 2 amide bonds. The van der Waals surface area contributed by atoms with Crippen molar-refractivity contribution in [3.8, 4) is 0 Å². The van der Waals surface area contributed by atoms with E-state index in [4.69, 9.17) is 5.11 Å². The number of carbonyl (C=O) groups is 2. The van der Waals surface area contributed by atoms with E-state index in [-0.39, 0.29) is 0 Å². The summed E-state index contributed by atoms with van der Waals surface area (Å²) in [6, 6.07) is 2.37. The van der Waals surface area contributed by atoms with Crippen molar-refractivity contribution in [2.75, 3.05) is 12.4 Å². The second kappa shape index (κ2) is 5.81. The van der Waals surface area contributed by atoms with Crippen molar-refractivity contribution in [3.05, 3.63) is 29.8 Å². The summed E-state index contributed by atoms with van der Waals surface area (Å²) in [6.07, 6.45) is -4.61. The highest BCUT2D eigenvalue weighted by molar-refractivity contribution is 5.92. The first-order chi connectivity index (χ1) is 9.14. The van der Waals surface area contributed by atoms with Crippen LogP contribution in [-0.2, 0) is 11.0 Å². The summed E-state index contributed by atoms with van der Waals surface area (Å²) < 4.78 is 38.2. The number of para-hydroxylation sites is 1. The SMILES string of the molecule is CC(C(=O)O)N(C)C(=O)Nc1ccccc1C(F)(F)F. The van der Waals surface area contributed by atoms with Crippen LogP contribution >= 0.6 is 0 Å². The third-order valence-corrected chi connectivity index (χ3v) is 2.73. The number of carboxylic acids is 1. The number of hydrogen-bond donors (Lipinski definition) is 2. The molecule has 8 heteroatoms. The molecule has 1 aromatic rings. The van der Waals surface area contributed by atoms with Gasteiger partial charge in [-0.1, -0.05) is 12.1 Å². The number of nitrogens with zero attached hydrogens (tertiary/aromatic N) is 1. The summed E-state index contributed by atoms with van der Waals surface area (Å²) in [5, 5.41) is 10.8. The molecule has 0 bridgehead atoms. The fourth-order valence-electron chi connectivity index (χ4n) is 1.38. The molecule has 0 saturated heterocycles. The standard InChI is InChI=1S/C12H13F3N2O3/c1-7(10(18)19)17(2)11(20)16-9-6-4-3-5-8(9)12(13,14)15/h3-7H,1-2H3,(H,16,20)(H,18,19). The monoisotopic (exact) mass is 290 g/mol. The Morgan fingerprint density at radius 2 is 1.85 bits per heavy atom. The maximum atomic E-state index is 12.7. The average Bonchev–Trinajstić information content (AvgIpc) is 2.36. The Bertz CT molecular complexity index is 517. The van der Waals surface area contributed by atoms with Crippen LogP contribution in [0.4, 0.5) is 23.7 Å². The Morgan fingerprint density at radius 1 is 1.30 bits per heavy atom. The third-order valence-electron chi connectivity index (χ3n) is 2.73. The first kappa shape index (κ1) is 15.8. The summed E-state index contributed by atoms with van der Waals surface area (Å²) in [5.74, 6) is -1.26. The Hall–Kier alpha value is -2.25. The highest BCUT2D eigenvalue weighted by Crippen LogP contribution is 2.34. The zero-order valence-corrected chi connectivity index (χ0v) is 10.7. The van der Waals surface area contributed by atoms with E-state index in [1.165, 1.54) is 26.1 Å². The summed E-state index contributed by atoms with van der Waals surface area (Å²) in [6.45, 7) is 1.25. The lowest BCUT2D eigenvalue weighted by atomic mass is 10.1. The Balaban J connectivity index is 2.95. The van der Waals surface area contributed by atoms with E-state index in [0.717, 1.165) is 17.0 Å². The number of amides is 2. The second-order valence-electron chi connectivity index (χ2n) is 4.10. The van der Waals surface area contributed by atoms with Gasteiger partial charge < -0.3 is 15.3 Å². The minimum Gasteiger partial charge on any atom is -0.480 e. The number of aliphatic carboxylic acids is 1. The minimum absolute atomic E-state index is 0.422. The number of nitrogens with one attached hydrogen (secondary N) is 1. The topological polar surface area (TPSA) is 69.6 Å². The number of urea groups is 1. The lowest BCUT2D eigenvalue weighted by Gasteiger charge is -2.23. The van der Waals surface area contributed by atoms with Gasteiger partial charge in [0.15, 0.2) is 0 Å². The number of carbonyl (C=O) groups excluding carboxylic acids is 1. The van der Waals surface area contributed by atoms with Gasteiger partial charge in [0, 0.05) is 7.05 Å². The lowest BCUT2D eigenvalue weighted by molar-refractivity contribution is -0.141. The summed E-state index contributed by atoms with van der Waals surface area (Å²) >= 11 is 0. The van der Waals surface area contributed by atoms with Gasteiger partial charge in [-0.15, -0.1) is 0 Å². The van der Waals surface area contributed by atoms with Crippen LogP contribution in [0.2, 0.25) is 0 Å². The van der Waals surface area contributed by atoms with Crippen molar-refractivity contribution in [3.63, 3.8) is 0 Å². The molecule has 1 atom stereocenters. The molecule has 1 unspecified atom stereocenters. The smallest absolute Gasteiger partial charge is 0.418 e. The molecule has 20 heavy (non-hydrogen) atoms. The van der Waals surface area contributed by atoms with Crippen LogP contribution < -0.4 is 5.32 Å². The predicted octanol–water partition coefficient (Wildman–Crippen LogP) is 2.64. The molecule has 0 radical (unpaired) electrons. The zero-order chi connectivity index (χ0) is 15.5. The van der Waals surface area contributed by atoms with Crippen LogP contribution in [0.15, 0.2) is 24.3 Å². The summed E-state index contributed by atoms with van der Waals surface area (Å²) in [4.78, 5) is 23.2. The van der Waals surface area contributed by atoms with Crippen LogP contribution in [0.5, 0.6) is 0 Å². The zero-order valence-electron chi connectivity index (χ0n) is 10.7. The maximum absolute atomic E-state index is 12.7. The highest BCUT2D eigenvalue weighted by Gasteiger charge is 2.34. The molecule has 2 N–H and O–H groups in total. The van der Waals surface area contributed by atoms with Gasteiger partial charge in [0.25, 0.3) is 0 Å². The van der Waals surface area contributed by atoms with Gasteiger partial charge in [-0.3, -0.25) is 0 Å². The number of benzene rings is 1. The highest BCUT2D eigenvalue weighted by atomic mass is 19.4. The van der Waals surface area contributed by atoms with E-state index in [2.05, 4.69) is 5.32 Å². The normalized spacial score (nSPS) is 12.7. The molecule has 0 saturated carbocycles. The molecule has 0 heterocycles. The number of likely N-dealkylation sites (N-methyl/N-ethyl adjacent to an activating group) is 1. The van der Waals surface area contributed by atoms with Crippen molar-refractivity contribution in [1.29, 1.82) is 0 Å². The number of anilines is 1. The van der Waals surface area contributed by atoms with Crippen LogP contribution in [0.3, 0.4) is 0 Å². The fourth-order valence-corrected chi connectivity index (χ4v) is 1.38. The van der Waals surface area contributed by atoms with E-state index in [9.17, 15) is 22.8 Å². The predicted molar refractivity (Wildman–Crippen MR) is 65.3 cm³/mol. The molecule has 0 aliphatic rings. The van der Waals surface area contributed by atoms with Crippen molar-refractivity contribution >= 4 is 17.7 Å². The number of rotatable bonds is 3. The van der Waals surface area contributed by atoms with Gasteiger partial charge >= 0.3 is 18.2 Å². The van der Waals surface area contributed by atoms with Crippen LogP contribution in [0.1, 0.15) is 12.5 Å². The first-order valence-corrected chi connectivity index (χ1v) is 5.57. The Labute approximate surface area is 113 Å². The summed E-state index contributed by atoms with van der Waals surface area (Å²) in [7, 11) is 1.18. The number of halogens is 3. The van der Waals surface area contributed by atoms with Gasteiger partial charge in [0.05, 0.1) is 11.3 Å². The summed E-state index contributed by atoms with van der Waals surface area (Å²) in [5.41, 5.74) is -1.42. The van der Waals surface area contributed by atoms with Crippen LogP contribution in [-0.4, -0.2) is 35.1 Å². The quantitative estimate of drug-likeness (QED) is 0.899. The molecular formula is C12H13F3N2O3. The molecule has 0 spiro atoms. The number of carboxylic acid groups (broad SMARTS) is 1. The Morgan fingerprint density at radius 3 is 2.35 bits per heavy atom. The molecule has 1 aromatic carbocycles. The van der Waals surface area contributed by atoms with Crippen molar-refractivity contribution in [1.82, 2.24) is 4.90 Å². The third kappa shape index (κ3) is 3.62. The van der Waals surface area contributed by atoms with Crippen molar-refractivity contribution in [2.24, 2.45) is 0 Å².